The van der Waals surface area contributed by atoms with Gasteiger partial charge < -0.3 is 20.1 Å². The number of ether oxygens (including phenoxy) is 2. The second-order valence-electron chi connectivity index (χ2n) is 6.48. The lowest BCUT2D eigenvalue weighted by atomic mass is 9.88. The van der Waals surface area contributed by atoms with E-state index in [9.17, 15) is 14.3 Å². The normalized spacial score (nSPS) is 26.2. The quantitative estimate of drug-likeness (QED) is 0.552. The Labute approximate surface area is 160 Å². The molecule has 1 fully saturated rings. The molecule has 4 N–H and O–H groups in total. The van der Waals surface area contributed by atoms with Crippen molar-refractivity contribution in [3.05, 3.63) is 16.7 Å². The van der Waals surface area contributed by atoms with Gasteiger partial charge in [-0.25, -0.2) is 9.55 Å². The molecule has 0 bridgehead atoms. The largest absolute Gasteiger partial charge is 0.472 e. The van der Waals surface area contributed by atoms with Gasteiger partial charge in [0.2, 0.25) is 5.95 Å². The van der Waals surface area contributed by atoms with Gasteiger partial charge in [-0.3, -0.25) is 23.4 Å². The summed E-state index contributed by atoms with van der Waals surface area (Å²) in [6.45, 7) is 4.11. The Bertz CT molecular complexity index is 946. The van der Waals surface area contributed by atoms with Crippen LogP contribution in [0.3, 0.4) is 0 Å². The minimum atomic E-state index is -4.24. The maximum atomic E-state index is 12.0. The number of H-pyrrole nitrogens is 1. The Balaban J connectivity index is 1.92. The fraction of sp³-hybridized carbons (Fsp3) is 0.667. The van der Waals surface area contributed by atoms with Crippen LogP contribution in [0.1, 0.15) is 32.9 Å². The molecule has 3 rings (SSSR count). The number of hydrogen-bond acceptors (Lipinski definition) is 9. The van der Waals surface area contributed by atoms with Crippen molar-refractivity contribution >= 4 is 24.9 Å². The van der Waals surface area contributed by atoms with E-state index in [-0.39, 0.29) is 23.7 Å². The van der Waals surface area contributed by atoms with Crippen LogP contribution in [-0.2, 0) is 23.1 Å². The van der Waals surface area contributed by atoms with Crippen molar-refractivity contribution in [2.75, 3.05) is 26.1 Å². The van der Waals surface area contributed by atoms with Crippen molar-refractivity contribution in [2.45, 2.75) is 44.6 Å². The first-order chi connectivity index (χ1) is 13.2. The van der Waals surface area contributed by atoms with Crippen LogP contribution in [0.2, 0.25) is 0 Å². The van der Waals surface area contributed by atoms with Crippen molar-refractivity contribution in [3.8, 4) is 0 Å². The van der Waals surface area contributed by atoms with Crippen LogP contribution in [0.25, 0.3) is 11.2 Å². The number of phosphoric ester groups is 1. The van der Waals surface area contributed by atoms with Crippen molar-refractivity contribution in [1.29, 1.82) is 0 Å². The molecule has 0 aromatic carbocycles. The van der Waals surface area contributed by atoms with Gasteiger partial charge >= 0.3 is 7.82 Å². The molecule has 0 amide bonds. The van der Waals surface area contributed by atoms with E-state index in [4.69, 9.17) is 19.7 Å². The number of rotatable bonds is 7. The molecule has 0 aliphatic carbocycles. The molecule has 4 atom stereocenters. The molecule has 28 heavy (non-hydrogen) atoms. The number of nitrogen functional groups attached to an aromatic ring is 1. The van der Waals surface area contributed by atoms with Crippen LogP contribution in [0.5, 0.6) is 0 Å². The van der Waals surface area contributed by atoms with Crippen LogP contribution < -0.4 is 11.3 Å². The summed E-state index contributed by atoms with van der Waals surface area (Å²) in [5, 5.41) is 0. The van der Waals surface area contributed by atoms with Crippen LogP contribution in [-0.4, -0.2) is 56.4 Å². The third-order valence-electron chi connectivity index (χ3n) is 4.86. The molecule has 156 valence electrons. The molecule has 0 saturated carbocycles. The van der Waals surface area contributed by atoms with Gasteiger partial charge in [0.1, 0.15) is 17.9 Å². The molecule has 0 radical (unpaired) electrons. The Morgan fingerprint density at radius 3 is 3.04 bits per heavy atom. The van der Waals surface area contributed by atoms with Gasteiger partial charge in [0, 0.05) is 20.1 Å². The number of imidazole rings is 1. The third-order valence-corrected chi connectivity index (χ3v) is 5.85. The van der Waals surface area contributed by atoms with Gasteiger partial charge in [0.15, 0.2) is 11.2 Å². The number of nitrogens with zero attached hydrogens (tertiary/aromatic N) is 3. The third kappa shape index (κ3) is 3.97. The van der Waals surface area contributed by atoms with E-state index in [0.29, 0.717) is 19.4 Å². The lowest BCUT2D eigenvalue weighted by Gasteiger charge is -2.44. The molecule has 3 unspecified atom stereocenters. The van der Waals surface area contributed by atoms with Crippen molar-refractivity contribution in [2.24, 2.45) is 0 Å². The minimum absolute atomic E-state index is 0.0368. The zero-order valence-electron chi connectivity index (χ0n) is 15.8. The summed E-state index contributed by atoms with van der Waals surface area (Å²) < 4.78 is 35.1. The Morgan fingerprint density at radius 2 is 2.36 bits per heavy atom. The molecular formula is C15H24N5O7P. The monoisotopic (exact) mass is 417 g/mol. The number of nitrogens with two attached hydrogens (primary N) is 1. The lowest BCUT2D eigenvalue weighted by molar-refractivity contribution is -0.213. The summed E-state index contributed by atoms with van der Waals surface area (Å²) in [6.07, 6.45) is 0.897. The van der Waals surface area contributed by atoms with E-state index in [2.05, 4.69) is 19.5 Å². The number of phosphoric acid groups is 1. The summed E-state index contributed by atoms with van der Waals surface area (Å²) in [7, 11) is -3.15. The van der Waals surface area contributed by atoms with Crippen LogP contribution in [0, 0.1) is 0 Å². The first-order valence-electron chi connectivity index (χ1n) is 8.76. The van der Waals surface area contributed by atoms with E-state index < -0.39 is 31.3 Å². The molecular weight excluding hydrogens is 393 g/mol. The van der Waals surface area contributed by atoms with Crippen LogP contribution in [0.4, 0.5) is 5.95 Å². The smallest absolute Gasteiger partial charge is 0.379 e. The predicted molar refractivity (Wildman–Crippen MR) is 98.5 cm³/mol. The highest BCUT2D eigenvalue weighted by Gasteiger charge is 2.46. The zero-order chi connectivity index (χ0) is 20.5. The van der Waals surface area contributed by atoms with Gasteiger partial charge in [0.25, 0.3) is 5.56 Å². The summed E-state index contributed by atoms with van der Waals surface area (Å²) in [5.41, 5.74) is 4.67. The molecule has 1 aliphatic heterocycles. The number of aromatic nitrogens is 4. The summed E-state index contributed by atoms with van der Waals surface area (Å²) in [6, 6.07) is 0. The second-order valence-corrected chi connectivity index (χ2v) is 7.99. The summed E-state index contributed by atoms with van der Waals surface area (Å²) in [4.78, 5) is 32.3. The minimum Gasteiger partial charge on any atom is -0.379 e. The van der Waals surface area contributed by atoms with Gasteiger partial charge in [0.05, 0.1) is 12.9 Å². The molecule has 12 nitrogen and oxygen atoms in total. The van der Waals surface area contributed by atoms with E-state index in [1.54, 1.807) is 11.5 Å². The fourth-order valence-electron chi connectivity index (χ4n) is 3.31. The van der Waals surface area contributed by atoms with E-state index in [0.717, 1.165) is 7.11 Å². The Hall–Kier alpha value is -1.82. The summed E-state index contributed by atoms with van der Waals surface area (Å²) in [5.74, 6) is -0.0368. The highest BCUT2D eigenvalue weighted by molar-refractivity contribution is 7.47. The number of fused-ring (bicyclic) bond motifs is 1. The average Bonchev–Trinajstić information content (AvgIpc) is 3.07. The molecule has 1 aliphatic rings. The first-order valence-corrected chi connectivity index (χ1v) is 10.3. The number of hydrogen-bond donors (Lipinski definition) is 3. The Morgan fingerprint density at radius 1 is 1.61 bits per heavy atom. The molecule has 13 heteroatoms. The summed E-state index contributed by atoms with van der Waals surface area (Å²) >= 11 is 0. The maximum absolute atomic E-state index is 12.0. The molecule has 1 saturated heterocycles. The van der Waals surface area contributed by atoms with E-state index in [1.165, 1.54) is 6.33 Å². The second kappa shape index (κ2) is 7.90. The topological polar surface area (TPSA) is 164 Å². The number of aromatic amines is 1. The zero-order valence-corrected chi connectivity index (χ0v) is 16.7. The molecule has 2 aromatic heterocycles. The molecule has 2 aromatic rings. The molecule has 3 heterocycles. The fourth-order valence-corrected chi connectivity index (χ4v) is 3.97. The molecule has 0 spiro atoms. The van der Waals surface area contributed by atoms with Gasteiger partial charge in [-0.2, -0.15) is 4.98 Å². The van der Waals surface area contributed by atoms with E-state index >= 15 is 0 Å². The van der Waals surface area contributed by atoms with Gasteiger partial charge in [-0.15, -0.1) is 0 Å². The number of nitrogens with one attached hydrogen (secondary N) is 1. The highest BCUT2D eigenvalue weighted by Crippen LogP contribution is 2.48. The van der Waals surface area contributed by atoms with Gasteiger partial charge in [-0.05, 0) is 13.3 Å². The number of anilines is 1. The van der Waals surface area contributed by atoms with Crippen LogP contribution >= 0.6 is 7.82 Å². The SMILES string of the molecule is CC[C@]1(OC(C)n2cnc3c(=O)[nH]c(N)nc32)CCOCC1OP(=O)(O)OC. The van der Waals surface area contributed by atoms with Gasteiger partial charge in [-0.1, -0.05) is 6.92 Å². The predicted octanol–water partition coefficient (Wildman–Crippen LogP) is 0.938. The maximum Gasteiger partial charge on any atom is 0.472 e. The lowest BCUT2D eigenvalue weighted by Crippen LogP contribution is -2.52. The first kappa shape index (κ1) is 20.9. The van der Waals surface area contributed by atoms with Crippen molar-refractivity contribution < 1.29 is 28.0 Å². The Kier molecular flexibility index (Phi) is 5.89. The van der Waals surface area contributed by atoms with Crippen molar-refractivity contribution in [3.63, 3.8) is 0 Å². The highest BCUT2D eigenvalue weighted by atomic mass is 31.2. The standard InChI is InChI=1S/C15H24N5O7P/c1-4-15(5-6-25-7-10(15)27-28(22,23)24-3)26-9(2)20-8-17-11-12(20)18-14(16)19-13(11)21/h8-10H,4-7H2,1-3H3,(H,22,23)(H3,16,18,19,21)/t9?,10?,15-/m0/s1. The average molecular weight is 417 g/mol. The van der Waals surface area contributed by atoms with E-state index in [1.807, 2.05) is 6.92 Å². The van der Waals surface area contributed by atoms with Crippen molar-refractivity contribution in [1.82, 2.24) is 19.5 Å². The van der Waals surface area contributed by atoms with Crippen LogP contribution in [0.15, 0.2) is 11.1 Å².